The van der Waals surface area contributed by atoms with Crippen molar-refractivity contribution in [2.75, 3.05) is 19.0 Å². The first kappa shape index (κ1) is 15.5. The molecule has 8 nitrogen and oxygen atoms in total. The molecule has 0 aliphatic rings. The minimum atomic E-state index is -0.326. The van der Waals surface area contributed by atoms with Crippen LogP contribution in [0, 0.1) is 0 Å². The fraction of sp³-hybridized carbons (Fsp3) is 0.125. The number of ether oxygens (including phenoxy) is 2. The standard InChI is InChI=1S/C16H15N5O3/c1-23-12-3-2-4-13(7-12)24-9-16(22)20-14-8-15(19-10-18-14)21-6-5-17-11-21/h2-8,10-11H,9H2,1H3,(H,18,19,20,22). The predicted molar refractivity (Wildman–Crippen MR) is 86.3 cm³/mol. The molecule has 2 heterocycles. The molecule has 0 atom stereocenters. The maximum Gasteiger partial charge on any atom is 0.263 e. The van der Waals surface area contributed by atoms with Crippen LogP contribution < -0.4 is 14.8 Å². The van der Waals surface area contributed by atoms with Crippen LogP contribution in [0.3, 0.4) is 0 Å². The van der Waals surface area contributed by atoms with E-state index in [9.17, 15) is 4.79 Å². The molecule has 122 valence electrons. The van der Waals surface area contributed by atoms with Crippen LogP contribution in [-0.2, 0) is 4.79 Å². The lowest BCUT2D eigenvalue weighted by molar-refractivity contribution is -0.118. The predicted octanol–water partition coefficient (Wildman–Crippen LogP) is 1.69. The number of amides is 1. The first-order valence-corrected chi connectivity index (χ1v) is 7.11. The Morgan fingerprint density at radius 1 is 1.25 bits per heavy atom. The summed E-state index contributed by atoms with van der Waals surface area (Å²) < 4.78 is 12.2. The molecule has 0 unspecified atom stereocenters. The van der Waals surface area contributed by atoms with E-state index in [0.717, 1.165) is 0 Å². The van der Waals surface area contributed by atoms with Crippen molar-refractivity contribution in [1.82, 2.24) is 19.5 Å². The fourth-order valence-electron chi connectivity index (χ4n) is 1.97. The van der Waals surface area contributed by atoms with Crippen LogP contribution in [0.1, 0.15) is 0 Å². The van der Waals surface area contributed by atoms with Gasteiger partial charge in [0, 0.05) is 24.5 Å². The van der Waals surface area contributed by atoms with Crippen molar-refractivity contribution in [3.05, 3.63) is 55.4 Å². The van der Waals surface area contributed by atoms with E-state index in [1.165, 1.54) is 6.33 Å². The van der Waals surface area contributed by atoms with Crippen LogP contribution in [0.25, 0.3) is 5.82 Å². The van der Waals surface area contributed by atoms with Gasteiger partial charge in [-0.15, -0.1) is 0 Å². The number of imidazole rings is 1. The van der Waals surface area contributed by atoms with E-state index in [2.05, 4.69) is 20.3 Å². The topological polar surface area (TPSA) is 91.2 Å². The Hall–Kier alpha value is -3.42. The molecule has 1 N–H and O–H groups in total. The van der Waals surface area contributed by atoms with E-state index in [-0.39, 0.29) is 12.5 Å². The van der Waals surface area contributed by atoms with Crippen LogP contribution in [-0.4, -0.2) is 39.1 Å². The van der Waals surface area contributed by atoms with Crippen molar-refractivity contribution >= 4 is 11.7 Å². The number of methoxy groups -OCH3 is 1. The summed E-state index contributed by atoms with van der Waals surface area (Å²) in [7, 11) is 1.57. The van der Waals surface area contributed by atoms with Crippen molar-refractivity contribution < 1.29 is 14.3 Å². The van der Waals surface area contributed by atoms with Crippen LogP contribution in [0.5, 0.6) is 11.5 Å². The molecule has 24 heavy (non-hydrogen) atoms. The maximum absolute atomic E-state index is 12.0. The third-order valence-electron chi connectivity index (χ3n) is 3.10. The zero-order chi connectivity index (χ0) is 16.8. The lowest BCUT2D eigenvalue weighted by atomic mass is 10.3. The highest BCUT2D eigenvalue weighted by Gasteiger charge is 2.07. The Morgan fingerprint density at radius 2 is 2.12 bits per heavy atom. The van der Waals surface area contributed by atoms with Gasteiger partial charge >= 0.3 is 0 Å². The van der Waals surface area contributed by atoms with Gasteiger partial charge in [-0.1, -0.05) is 6.07 Å². The monoisotopic (exact) mass is 325 g/mol. The van der Waals surface area contributed by atoms with Crippen LogP contribution in [0.15, 0.2) is 55.4 Å². The number of anilines is 1. The lowest BCUT2D eigenvalue weighted by Crippen LogP contribution is -2.21. The number of carbonyl (C=O) groups is 1. The molecule has 0 aliphatic heterocycles. The number of aromatic nitrogens is 4. The second-order valence-electron chi connectivity index (χ2n) is 4.75. The maximum atomic E-state index is 12.0. The zero-order valence-corrected chi connectivity index (χ0v) is 12.9. The van der Waals surface area contributed by atoms with E-state index in [4.69, 9.17) is 9.47 Å². The Labute approximate surface area is 138 Å². The van der Waals surface area contributed by atoms with Gasteiger partial charge in [-0.05, 0) is 12.1 Å². The van der Waals surface area contributed by atoms with E-state index in [0.29, 0.717) is 23.1 Å². The van der Waals surface area contributed by atoms with E-state index in [1.807, 2.05) is 0 Å². The van der Waals surface area contributed by atoms with Gasteiger partial charge in [0.25, 0.3) is 5.91 Å². The quantitative estimate of drug-likeness (QED) is 0.741. The van der Waals surface area contributed by atoms with E-state index < -0.39 is 0 Å². The van der Waals surface area contributed by atoms with Crippen molar-refractivity contribution in [1.29, 1.82) is 0 Å². The fourth-order valence-corrected chi connectivity index (χ4v) is 1.97. The molecule has 0 spiro atoms. The Kier molecular flexibility index (Phi) is 4.66. The Bertz CT molecular complexity index is 820. The largest absolute Gasteiger partial charge is 0.497 e. The molecular weight excluding hydrogens is 310 g/mol. The molecule has 0 saturated heterocycles. The molecule has 0 fully saturated rings. The lowest BCUT2D eigenvalue weighted by Gasteiger charge is -2.09. The van der Waals surface area contributed by atoms with Crippen LogP contribution >= 0.6 is 0 Å². The first-order chi connectivity index (χ1) is 11.7. The number of rotatable bonds is 6. The zero-order valence-electron chi connectivity index (χ0n) is 12.9. The second kappa shape index (κ2) is 7.23. The summed E-state index contributed by atoms with van der Waals surface area (Å²) in [4.78, 5) is 24.1. The molecule has 3 aromatic rings. The Morgan fingerprint density at radius 3 is 2.92 bits per heavy atom. The smallest absolute Gasteiger partial charge is 0.263 e. The average Bonchev–Trinajstić information content (AvgIpc) is 3.15. The summed E-state index contributed by atoms with van der Waals surface area (Å²) in [5, 5.41) is 2.66. The Balaban J connectivity index is 1.59. The molecule has 0 bridgehead atoms. The first-order valence-electron chi connectivity index (χ1n) is 7.11. The number of nitrogens with zero attached hydrogens (tertiary/aromatic N) is 4. The van der Waals surface area contributed by atoms with Gasteiger partial charge in [-0.25, -0.2) is 15.0 Å². The number of carbonyl (C=O) groups excluding carboxylic acids is 1. The van der Waals surface area contributed by atoms with Crippen molar-refractivity contribution in [2.24, 2.45) is 0 Å². The molecule has 2 aromatic heterocycles. The summed E-state index contributed by atoms with van der Waals surface area (Å²) in [5.74, 6) is 1.87. The van der Waals surface area contributed by atoms with Crippen LogP contribution in [0.2, 0.25) is 0 Å². The third kappa shape index (κ3) is 3.86. The number of hydrogen-bond acceptors (Lipinski definition) is 6. The van der Waals surface area contributed by atoms with Gasteiger partial charge in [-0.2, -0.15) is 0 Å². The van der Waals surface area contributed by atoms with Crippen LogP contribution in [0.4, 0.5) is 5.82 Å². The molecule has 3 rings (SSSR count). The van der Waals surface area contributed by atoms with Gasteiger partial charge in [0.1, 0.15) is 35.8 Å². The molecule has 1 amide bonds. The normalized spacial score (nSPS) is 10.2. The van der Waals surface area contributed by atoms with E-state index >= 15 is 0 Å². The summed E-state index contributed by atoms with van der Waals surface area (Å²) >= 11 is 0. The number of benzene rings is 1. The summed E-state index contributed by atoms with van der Waals surface area (Å²) in [5.41, 5.74) is 0. The van der Waals surface area contributed by atoms with Gasteiger partial charge in [0.2, 0.25) is 0 Å². The highest BCUT2D eigenvalue weighted by molar-refractivity contribution is 5.91. The SMILES string of the molecule is COc1cccc(OCC(=O)Nc2cc(-n3ccnc3)ncn2)c1. The highest BCUT2D eigenvalue weighted by Crippen LogP contribution is 2.18. The summed E-state index contributed by atoms with van der Waals surface area (Å²) in [6.45, 7) is -0.141. The highest BCUT2D eigenvalue weighted by atomic mass is 16.5. The summed E-state index contributed by atoms with van der Waals surface area (Å²) in [6.07, 6.45) is 6.37. The molecule has 0 aliphatic carbocycles. The molecule has 0 saturated carbocycles. The molecular formula is C16H15N5O3. The number of hydrogen-bond donors (Lipinski definition) is 1. The average molecular weight is 325 g/mol. The molecule has 0 radical (unpaired) electrons. The van der Waals surface area contributed by atoms with Gasteiger partial charge < -0.3 is 14.8 Å². The number of nitrogens with one attached hydrogen (secondary N) is 1. The van der Waals surface area contributed by atoms with Crippen molar-refractivity contribution in [2.45, 2.75) is 0 Å². The minimum Gasteiger partial charge on any atom is -0.497 e. The van der Waals surface area contributed by atoms with Gasteiger partial charge in [0.05, 0.1) is 7.11 Å². The van der Waals surface area contributed by atoms with E-state index in [1.54, 1.807) is 60.7 Å². The second-order valence-corrected chi connectivity index (χ2v) is 4.75. The molecule has 1 aromatic carbocycles. The van der Waals surface area contributed by atoms with Crippen molar-refractivity contribution in [3.8, 4) is 17.3 Å². The van der Waals surface area contributed by atoms with Gasteiger partial charge in [-0.3, -0.25) is 9.36 Å². The van der Waals surface area contributed by atoms with Gasteiger partial charge in [0.15, 0.2) is 6.61 Å². The van der Waals surface area contributed by atoms with Crippen molar-refractivity contribution in [3.63, 3.8) is 0 Å². The third-order valence-corrected chi connectivity index (χ3v) is 3.10. The minimum absolute atomic E-state index is 0.141. The summed E-state index contributed by atoms with van der Waals surface area (Å²) in [6, 6.07) is 8.68. The molecule has 8 heteroatoms.